The lowest BCUT2D eigenvalue weighted by Crippen LogP contribution is -2.43. The molecule has 0 bridgehead atoms. The number of benzene rings is 1. The highest BCUT2D eigenvalue weighted by molar-refractivity contribution is 14.0. The van der Waals surface area contributed by atoms with Gasteiger partial charge in [0, 0.05) is 50.8 Å². The summed E-state index contributed by atoms with van der Waals surface area (Å²) in [6, 6.07) is 8.74. The number of nitrogens with zero attached hydrogens (tertiary/aromatic N) is 3. The summed E-state index contributed by atoms with van der Waals surface area (Å²) >= 11 is 6.21. The van der Waals surface area contributed by atoms with Gasteiger partial charge in [0.25, 0.3) is 0 Å². The van der Waals surface area contributed by atoms with Gasteiger partial charge < -0.3 is 10.2 Å². The number of rotatable bonds is 5. The summed E-state index contributed by atoms with van der Waals surface area (Å²) in [6.45, 7) is 5.28. The van der Waals surface area contributed by atoms with Crippen LogP contribution >= 0.6 is 35.6 Å². The molecule has 1 unspecified atom stereocenters. The lowest BCUT2D eigenvalue weighted by atomic mass is 10.1. The summed E-state index contributed by atoms with van der Waals surface area (Å²) in [5.41, 5.74) is 1.22. The molecule has 2 heterocycles. The molecule has 25 heavy (non-hydrogen) atoms. The minimum absolute atomic E-state index is 0. The number of aliphatic imine (C=N–C) groups is 1. The zero-order valence-corrected chi connectivity index (χ0v) is 17.9. The van der Waals surface area contributed by atoms with E-state index in [1.807, 2.05) is 25.2 Å². The van der Waals surface area contributed by atoms with Crippen molar-refractivity contribution < 1.29 is 0 Å². The molecule has 1 saturated heterocycles. The molecule has 0 aromatic heterocycles. The van der Waals surface area contributed by atoms with Crippen molar-refractivity contribution in [1.29, 1.82) is 0 Å². The summed E-state index contributed by atoms with van der Waals surface area (Å²) in [7, 11) is 1.88. The van der Waals surface area contributed by atoms with E-state index in [0.717, 1.165) is 56.5 Å². The van der Waals surface area contributed by atoms with Gasteiger partial charge in [-0.05, 0) is 30.9 Å². The van der Waals surface area contributed by atoms with Gasteiger partial charge in [0.1, 0.15) is 0 Å². The van der Waals surface area contributed by atoms with Gasteiger partial charge in [-0.1, -0.05) is 42.0 Å². The molecular formula is C19H28ClIN4. The van der Waals surface area contributed by atoms with Gasteiger partial charge in [0.15, 0.2) is 5.96 Å². The van der Waals surface area contributed by atoms with E-state index in [0.29, 0.717) is 6.04 Å². The number of aryl methyl sites for hydroxylation is 1. The van der Waals surface area contributed by atoms with E-state index in [-0.39, 0.29) is 24.0 Å². The van der Waals surface area contributed by atoms with Crippen molar-refractivity contribution >= 4 is 41.5 Å². The van der Waals surface area contributed by atoms with Gasteiger partial charge in [-0.2, -0.15) is 0 Å². The Morgan fingerprint density at radius 2 is 2.04 bits per heavy atom. The fraction of sp³-hybridized carbons (Fsp3) is 0.526. The van der Waals surface area contributed by atoms with Crippen molar-refractivity contribution in [3.05, 3.63) is 47.0 Å². The van der Waals surface area contributed by atoms with Crippen LogP contribution in [0.15, 0.2) is 41.4 Å². The Hall–Kier alpha value is -0.790. The first-order valence-corrected chi connectivity index (χ1v) is 9.24. The topological polar surface area (TPSA) is 30.9 Å². The van der Waals surface area contributed by atoms with E-state index in [1.165, 1.54) is 12.0 Å². The second-order valence-corrected chi connectivity index (χ2v) is 6.89. The lowest BCUT2D eigenvalue weighted by Gasteiger charge is -2.25. The Kier molecular flexibility index (Phi) is 8.52. The van der Waals surface area contributed by atoms with E-state index in [2.05, 4.69) is 38.3 Å². The number of nitrogens with one attached hydrogen (secondary N) is 1. The van der Waals surface area contributed by atoms with Gasteiger partial charge >= 0.3 is 0 Å². The van der Waals surface area contributed by atoms with Crippen LogP contribution in [0.1, 0.15) is 18.4 Å². The van der Waals surface area contributed by atoms with Gasteiger partial charge in [0.2, 0.25) is 0 Å². The molecule has 2 aliphatic heterocycles. The molecule has 3 rings (SSSR count). The van der Waals surface area contributed by atoms with Gasteiger partial charge in [-0.3, -0.25) is 9.89 Å². The third-order valence-corrected chi connectivity index (χ3v) is 5.27. The highest BCUT2D eigenvalue weighted by atomic mass is 127. The number of hydrogen-bond acceptors (Lipinski definition) is 2. The molecule has 6 heteroatoms. The third-order valence-electron chi connectivity index (χ3n) is 4.90. The van der Waals surface area contributed by atoms with Crippen LogP contribution in [-0.2, 0) is 6.42 Å². The first-order chi connectivity index (χ1) is 11.8. The van der Waals surface area contributed by atoms with Crippen molar-refractivity contribution in [2.24, 2.45) is 4.99 Å². The summed E-state index contributed by atoms with van der Waals surface area (Å²) in [5, 5.41) is 4.38. The van der Waals surface area contributed by atoms with E-state index in [9.17, 15) is 0 Å². The molecule has 0 saturated carbocycles. The minimum atomic E-state index is 0. The standard InChI is InChI=1S/C19H27ClN4.HI/c1-21-19(22-11-6-8-16-7-2-3-9-18(16)20)24-14-10-17(15-24)23-12-4-5-13-23;/h2-5,7,9,17H,6,8,10-15H2,1H3,(H,21,22);1H. The first-order valence-electron chi connectivity index (χ1n) is 8.86. The molecule has 0 amide bonds. The summed E-state index contributed by atoms with van der Waals surface area (Å²) < 4.78 is 0. The SMILES string of the molecule is CN=C(NCCCc1ccccc1Cl)N1CCC(N2CC=CC2)C1.I. The Labute approximate surface area is 173 Å². The summed E-state index contributed by atoms with van der Waals surface area (Å²) in [5.74, 6) is 1.03. The fourth-order valence-corrected chi connectivity index (χ4v) is 3.77. The van der Waals surface area contributed by atoms with E-state index < -0.39 is 0 Å². The lowest BCUT2D eigenvalue weighted by molar-refractivity contribution is 0.259. The van der Waals surface area contributed by atoms with Crippen LogP contribution < -0.4 is 5.32 Å². The van der Waals surface area contributed by atoms with Gasteiger partial charge in [0.05, 0.1) is 0 Å². The molecule has 1 N–H and O–H groups in total. The molecule has 0 spiro atoms. The molecule has 1 aromatic rings. The molecule has 1 aromatic carbocycles. The Balaban J connectivity index is 0.00000225. The molecule has 0 aliphatic carbocycles. The average molecular weight is 475 g/mol. The van der Waals surface area contributed by atoms with Crippen LogP contribution in [0.4, 0.5) is 0 Å². The Morgan fingerprint density at radius 1 is 1.28 bits per heavy atom. The smallest absolute Gasteiger partial charge is 0.193 e. The van der Waals surface area contributed by atoms with Crippen LogP contribution in [0.3, 0.4) is 0 Å². The average Bonchev–Trinajstić information content (AvgIpc) is 3.27. The number of likely N-dealkylation sites (tertiary alicyclic amines) is 1. The van der Waals surface area contributed by atoms with E-state index in [1.54, 1.807) is 0 Å². The van der Waals surface area contributed by atoms with Crippen LogP contribution in [-0.4, -0.2) is 61.6 Å². The zero-order valence-electron chi connectivity index (χ0n) is 14.8. The van der Waals surface area contributed by atoms with E-state index >= 15 is 0 Å². The maximum Gasteiger partial charge on any atom is 0.193 e. The largest absolute Gasteiger partial charge is 0.356 e. The van der Waals surface area contributed by atoms with Crippen molar-refractivity contribution in [2.75, 3.05) is 39.8 Å². The van der Waals surface area contributed by atoms with Crippen molar-refractivity contribution in [1.82, 2.24) is 15.1 Å². The number of hydrogen-bond donors (Lipinski definition) is 1. The van der Waals surface area contributed by atoms with Crippen LogP contribution in [0.25, 0.3) is 0 Å². The van der Waals surface area contributed by atoms with Crippen molar-refractivity contribution in [2.45, 2.75) is 25.3 Å². The molecular weight excluding hydrogens is 447 g/mol. The van der Waals surface area contributed by atoms with Crippen LogP contribution in [0.5, 0.6) is 0 Å². The highest BCUT2D eigenvalue weighted by Crippen LogP contribution is 2.18. The Morgan fingerprint density at radius 3 is 2.76 bits per heavy atom. The van der Waals surface area contributed by atoms with Crippen molar-refractivity contribution in [3.63, 3.8) is 0 Å². The predicted octanol–water partition coefficient (Wildman–Crippen LogP) is 3.41. The maximum absolute atomic E-state index is 6.21. The predicted molar refractivity (Wildman–Crippen MR) is 117 cm³/mol. The van der Waals surface area contributed by atoms with E-state index in [4.69, 9.17) is 11.6 Å². The fourth-order valence-electron chi connectivity index (χ4n) is 3.54. The van der Waals surface area contributed by atoms with Gasteiger partial charge in [-0.25, -0.2) is 0 Å². The second-order valence-electron chi connectivity index (χ2n) is 6.48. The second kappa shape index (κ2) is 10.4. The molecule has 138 valence electrons. The third kappa shape index (κ3) is 5.59. The van der Waals surface area contributed by atoms with Gasteiger partial charge in [-0.15, -0.1) is 24.0 Å². The molecule has 1 atom stereocenters. The molecule has 4 nitrogen and oxygen atoms in total. The quantitative estimate of drug-likeness (QED) is 0.233. The molecule has 0 radical (unpaired) electrons. The number of guanidine groups is 1. The van der Waals surface area contributed by atoms with Crippen LogP contribution in [0.2, 0.25) is 5.02 Å². The summed E-state index contributed by atoms with van der Waals surface area (Å²) in [6.07, 6.45) is 7.80. The highest BCUT2D eigenvalue weighted by Gasteiger charge is 2.29. The minimum Gasteiger partial charge on any atom is -0.356 e. The summed E-state index contributed by atoms with van der Waals surface area (Å²) in [4.78, 5) is 9.40. The van der Waals surface area contributed by atoms with Crippen LogP contribution in [0, 0.1) is 0 Å². The van der Waals surface area contributed by atoms with Crippen molar-refractivity contribution in [3.8, 4) is 0 Å². The maximum atomic E-state index is 6.21. The Bertz CT molecular complexity index is 597. The molecule has 1 fully saturated rings. The monoisotopic (exact) mass is 474 g/mol. The number of halogens is 2. The first kappa shape index (κ1) is 20.5. The normalized spacial score (nSPS) is 20.8. The zero-order chi connectivity index (χ0) is 16.8. The molecule has 2 aliphatic rings.